The highest BCUT2D eigenvalue weighted by molar-refractivity contribution is 7.84. The van der Waals surface area contributed by atoms with Crippen LogP contribution in [0, 0.1) is 0 Å². The molecule has 0 fully saturated rings. The van der Waals surface area contributed by atoms with Gasteiger partial charge in [0, 0.05) is 10.5 Å². The Kier molecular flexibility index (Phi) is 5.29. The van der Waals surface area contributed by atoms with E-state index in [1.165, 1.54) is 0 Å². The van der Waals surface area contributed by atoms with Crippen molar-refractivity contribution < 1.29 is 35.7 Å². The van der Waals surface area contributed by atoms with E-state index in [0.29, 0.717) is 17.0 Å². The van der Waals surface area contributed by atoms with E-state index < -0.39 is 34.3 Å². The Labute approximate surface area is 141 Å². The van der Waals surface area contributed by atoms with Crippen LogP contribution in [0.15, 0.2) is 59.5 Å². The minimum Gasteiger partial charge on any atom is -0.369 e. The van der Waals surface area contributed by atoms with Crippen molar-refractivity contribution in [3.05, 3.63) is 65.7 Å². The highest BCUT2D eigenvalue weighted by Gasteiger charge is 2.71. The summed E-state index contributed by atoms with van der Waals surface area (Å²) >= 11 is 0. The molecule has 1 atom stereocenters. The van der Waals surface area contributed by atoms with E-state index in [9.17, 15) is 35.7 Å². The third-order valence-corrected chi connectivity index (χ3v) is 4.89. The number of aliphatic hydroxyl groups is 1. The van der Waals surface area contributed by atoms with E-state index in [1.54, 1.807) is 30.3 Å². The zero-order chi connectivity index (χ0) is 18.9. The summed E-state index contributed by atoms with van der Waals surface area (Å²) in [5.74, 6) is -0.0826. The molecule has 0 saturated carbocycles. The van der Waals surface area contributed by atoms with E-state index in [0.717, 1.165) is 12.1 Å². The second-order valence-electron chi connectivity index (χ2n) is 5.21. The van der Waals surface area contributed by atoms with Crippen LogP contribution in [0.3, 0.4) is 0 Å². The Hall–Kier alpha value is -1.87. The summed E-state index contributed by atoms with van der Waals surface area (Å²) in [6.45, 7) is 0. The lowest BCUT2D eigenvalue weighted by Crippen LogP contribution is -2.53. The predicted molar refractivity (Wildman–Crippen MR) is 79.0 cm³/mol. The van der Waals surface area contributed by atoms with Crippen molar-refractivity contribution in [3.63, 3.8) is 0 Å². The molecule has 136 valence electrons. The van der Waals surface area contributed by atoms with Crippen LogP contribution in [-0.2, 0) is 22.2 Å². The van der Waals surface area contributed by atoms with Gasteiger partial charge in [-0.2, -0.15) is 26.3 Å². The molecule has 0 aliphatic rings. The SMILES string of the molecule is O=S(Cc1ccc(C(O)(C(F)(F)F)C(F)(F)F)cc1)c1ccccc1. The fourth-order valence-corrected chi connectivity index (χ4v) is 3.26. The first-order chi connectivity index (χ1) is 11.5. The van der Waals surface area contributed by atoms with Gasteiger partial charge in [0.05, 0.1) is 16.6 Å². The second-order valence-corrected chi connectivity index (χ2v) is 6.66. The molecule has 25 heavy (non-hydrogen) atoms. The molecule has 9 heteroatoms. The third kappa shape index (κ3) is 3.87. The van der Waals surface area contributed by atoms with Crippen molar-refractivity contribution in [2.75, 3.05) is 0 Å². The standard InChI is InChI=1S/C16H12F6O2S/c17-15(18,19)14(23,16(20,21)22)12-8-6-11(7-9-12)10-25(24)13-4-2-1-3-5-13/h1-9,23H,10H2. The predicted octanol–water partition coefficient (Wildman–Crippen LogP) is 4.31. The van der Waals surface area contributed by atoms with Crippen LogP contribution < -0.4 is 0 Å². The Morgan fingerprint density at radius 3 is 1.72 bits per heavy atom. The average Bonchev–Trinajstić information content (AvgIpc) is 2.53. The Morgan fingerprint density at radius 1 is 0.800 bits per heavy atom. The lowest BCUT2D eigenvalue weighted by molar-refractivity contribution is -0.376. The molecule has 1 unspecified atom stereocenters. The molecule has 0 radical (unpaired) electrons. The number of rotatable bonds is 4. The molecule has 2 aromatic carbocycles. The number of hydrogen-bond acceptors (Lipinski definition) is 2. The van der Waals surface area contributed by atoms with Crippen molar-refractivity contribution in [2.45, 2.75) is 28.6 Å². The van der Waals surface area contributed by atoms with Crippen LogP contribution in [0.4, 0.5) is 26.3 Å². The second kappa shape index (κ2) is 6.80. The Bertz CT molecular complexity index is 724. The van der Waals surface area contributed by atoms with Crippen molar-refractivity contribution in [1.82, 2.24) is 0 Å². The van der Waals surface area contributed by atoms with Crippen molar-refractivity contribution in [3.8, 4) is 0 Å². The molecule has 0 heterocycles. The molecule has 0 bridgehead atoms. The number of benzene rings is 2. The minimum atomic E-state index is -5.93. The molecule has 2 aromatic rings. The third-order valence-electron chi connectivity index (χ3n) is 3.50. The van der Waals surface area contributed by atoms with Crippen molar-refractivity contribution in [2.24, 2.45) is 0 Å². The van der Waals surface area contributed by atoms with Gasteiger partial charge in [-0.15, -0.1) is 0 Å². The van der Waals surface area contributed by atoms with E-state index in [4.69, 9.17) is 0 Å². The summed E-state index contributed by atoms with van der Waals surface area (Å²) in [4.78, 5) is 0.480. The van der Waals surface area contributed by atoms with Crippen LogP contribution in [0.2, 0.25) is 0 Å². The first kappa shape index (κ1) is 19.5. The normalized spacial score (nSPS) is 14.4. The molecule has 0 aromatic heterocycles. The van der Waals surface area contributed by atoms with Crippen molar-refractivity contribution >= 4 is 10.8 Å². The van der Waals surface area contributed by atoms with Crippen LogP contribution >= 0.6 is 0 Å². The molecule has 1 N–H and O–H groups in total. The summed E-state index contributed by atoms with van der Waals surface area (Å²) < 4.78 is 88.9. The van der Waals surface area contributed by atoms with Gasteiger partial charge in [-0.3, -0.25) is 4.21 Å². The highest BCUT2D eigenvalue weighted by atomic mass is 32.2. The van der Waals surface area contributed by atoms with Crippen LogP contribution in [0.25, 0.3) is 0 Å². The minimum absolute atomic E-state index is 0.0826. The summed E-state index contributed by atoms with van der Waals surface area (Å²) in [5.41, 5.74) is -6.03. The fourth-order valence-electron chi connectivity index (χ4n) is 2.14. The first-order valence-corrected chi connectivity index (χ1v) is 8.17. The molecule has 0 aliphatic heterocycles. The van der Waals surface area contributed by atoms with Crippen LogP contribution in [0.1, 0.15) is 11.1 Å². The maximum atomic E-state index is 12.8. The van der Waals surface area contributed by atoms with Crippen LogP contribution in [-0.4, -0.2) is 21.7 Å². The number of alkyl halides is 6. The molecular formula is C16H12F6O2S. The van der Waals surface area contributed by atoms with Gasteiger partial charge in [-0.1, -0.05) is 42.5 Å². The van der Waals surface area contributed by atoms with Gasteiger partial charge in [-0.25, -0.2) is 0 Å². The number of hydrogen-bond donors (Lipinski definition) is 1. The molecule has 2 nitrogen and oxygen atoms in total. The zero-order valence-corrected chi connectivity index (χ0v) is 13.3. The molecule has 0 saturated heterocycles. The average molecular weight is 382 g/mol. The largest absolute Gasteiger partial charge is 0.430 e. The molecule has 0 amide bonds. The van der Waals surface area contributed by atoms with E-state index in [1.807, 2.05) is 0 Å². The molecular weight excluding hydrogens is 370 g/mol. The molecule has 2 rings (SSSR count). The zero-order valence-electron chi connectivity index (χ0n) is 12.4. The van der Waals surface area contributed by atoms with Gasteiger partial charge in [-0.05, 0) is 17.7 Å². The van der Waals surface area contributed by atoms with E-state index >= 15 is 0 Å². The lowest BCUT2D eigenvalue weighted by atomic mass is 9.92. The highest BCUT2D eigenvalue weighted by Crippen LogP contribution is 2.49. The summed E-state index contributed by atoms with van der Waals surface area (Å²) in [6.07, 6.45) is -11.9. The van der Waals surface area contributed by atoms with Crippen LogP contribution in [0.5, 0.6) is 0 Å². The van der Waals surface area contributed by atoms with E-state index in [-0.39, 0.29) is 11.3 Å². The maximum Gasteiger partial charge on any atom is 0.430 e. The van der Waals surface area contributed by atoms with E-state index in [2.05, 4.69) is 0 Å². The first-order valence-electron chi connectivity index (χ1n) is 6.85. The quantitative estimate of drug-likeness (QED) is 0.801. The van der Waals surface area contributed by atoms with Gasteiger partial charge in [0.15, 0.2) is 0 Å². The van der Waals surface area contributed by atoms with Crippen molar-refractivity contribution in [1.29, 1.82) is 0 Å². The van der Waals surface area contributed by atoms with Gasteiger partial charge in [0.1, 0.15) is 0 Å². The van der Waals surface area contributed by atoms with Gasteiger partial charge in [0.2, 0.25) is 0 Å². The smallest absolute Gasteiger partial charge is 0.369 e. The summed E-state index contributed by atoms with van der Waals surface area (Å²) in [6, 6.07) is 11.3. The maximum absolute atomic E-state index is 12.8. The molecule has 0 aliphatic carbocycles. The molecule has 0 spiro atoms. The Balaban J connectivity index is 2.28. The van der Waals surface area contributed by atoms with Gasteiger partial charge < -0.3 is 5.11 Å². The number of halogens is 6. The van der Waals surface area contributed by atoms with Gasteiger partial charge in [0.25, 0.3) is 5.60 Å². The Morgan fingerprint density at radius 2 is 1.28 bits per heavy atom. The monoisotopic (exact) mass is 382 g/mol. The topological polar surface area (TPSA) is 37.3 Å². The lowest BCUT2D eigenvalue weighted by Gasteiger charge is -2.32. The summed E-state index contributed by atoms with van der Waals surface area (Å²) in [7, 11) is -1.50. The fraction of sp³-hybridized carbons (Fsp3) is 0.250. The van der Waals surface area contributed by atoms with Gasteiger partial charge >= 0.3 is 12.4 Å². The summed E-state index contributed by atoms with van der Waals surface area (Å²) in [5, 5.41) is 9.30.